The van der Waals surface area contributed by atoms with Crippen LogP contribution in [0, 0.1) is 5.92 Å². The molecule has 0 saturated heterocycles. The molecule has 0 aliphatic heterocycles. The molecule has 1 aromatic carbocycles. The Morgan fingerprint density at radius 3 is 2.60 bits per heavy atom. The zero-order valence-electron chi connectivity index (χ0n) is 14.0. The fourth-order valence-electron chi connectivity index (χ4n) is 2.18. The molecule has 0 aliphatic carbocycles. The minimum atomic E-state index is -0.996. The van der Waals surface area contributed by atoms with Crippen LogP contribution in [0.2, 0.25) is 0 Å². The lowest BCUT2D eigenvalue weighted by molar-refractivity contribution is -0.141. The van der Waals surface area contributed by atoms with Gasteiger partial charge in [-0.25, -0.2) is 0 Å². The second-order valence-corrected chi connectivity index (χ2v) is 5.26. The molecule has 0 spiro atoms. The van der Waals surface area contributed by atoms with Crippen LogP contribution in [0.25, 0.3) is 0 Å². The number of methoxy groups -OCH3 is 1. The first-order valence-electron chi connectivity index (χ1n) is 7.77. The molecule has 2 aromatic rings. The Labute approximate surface area is 144 Å². The Kier molecular flexibility index (Phi) is 6.39. The van der Waals surface area contributed by atoms with Crippen molar-refractivity contribution in [2.24, 2.45) is 5.92 Å². The molecule has 1 amide bonds. The van der Waals surface area contributed by atoms with E-state index in [1.54, 1.807) is 12.1 Å². The number of nitrogens with one attached hydrogen (secondary N) is 1. The molecule has 8 nitrogen and oxygen atoms in total. The van der Waals surface area contributed by atoms with Crippen LogP contribution in [0.1, 0.15) is 23.0 Å². The Bertz CT molecular complexity index is 710. The number of carbonyl (C=O) groups is 2. The average Bonchev–Trinajstić information content (AvgIpc) is 3.09. The fourth-order valence-corrected chi connectivity index (χ4v) is 2.18. The standard InChI is InChI=1S/C17H20N2O6/c1-3-24-13-6-4-11(5-7-13)8-12(17(21)22)10-18-16(20)14-9-15(23-2)19-25-14/h4-7,9,12H,3,8,10H2,1-2H3,(H,18,20)(H,21,22). The summed E-state index contributed by atoms with van der Waals surface area (Å²) in [6, 6.07) is 8.53. The number of hydrogen-bond acceptors (Lipinski definition) is 6. The maximum Gasteiger partial charge on any atom is 0.308 e. The van der Waals surface area contributed by atoms with E-state index in [2.05, 4.69) is 10.5 Å². The maximum absolute atomic E-state index is 12.0. The molecule has 1 heterocycles. The number of aromatic nitrogens is 1. The summed E-state index contributed by atoms with van der Waals surface area (Å²) < 4.78 is 15.0. The normalized spacial score (nSPS) is 11.6. The SMILES string of the molecule is CCOc1ccc(CC(CNC(=O)c2cc(OC)no2)C(=O)O)cc1. The summed E-state index contributed by atoms with van der Waals surface area (Å²) in [5, 5.41) is 15.4. The van der Waals surface area contributed by atoms with E-state index >= 15 is 0 Å². The van der Waals surface area contributed by atoms with E-state index in [0.29, 0.717) is 6.61 Å². The van der Waals surface area contributed by atoms with Gasteiger partial charge >= 0.3 is 5.97 Å². The van der Waals surface area contributed by atoms with Crippen molar-refractivity contribution < 1.29 is 28.7 Å². The van der Waals surface area contributed by atoms with Gasteiger partial charge in [0.25, 0.3) is 11.8 Å². The molecule has 2 N–H and O–H groups in total. The number of carboxylic acids is 1. The number of ether oxygens (including phenoxy) is 2. The summed E-state index contributed by atoms with van der Waals surface area (Å²) in [4.78, 5) is 23.4. The van der Waals surface area contributed by atoms with Crippen molar-refractivity contribution in [1.29, 1.82) is 0 Å². The van der Waals surface area contributed by atoms with Crippen LogP contribution in [0.3, 0.4) is 0 Å². The molecule has 0 aliphatic rings. The number of carboxylic acid groups (broad SMARTS) is 1. The lowest BCUT2D eigenvalue weighted by atomic mass is 9.99. The Morgan fingerprint density at radius 1 is 1.32 bits per heavy atom. The van der Waals surface area contributed by atoms with Gasteiger partial charge in [0.1, 0.15) is 5.75 Å². The van der Waals surface area contributed by atoms with Gasteiger partial charge in [0.05, 0.1) is 25.7 Å². The maximum atomic E-state index is 12.0. The molecule has 25 heavy (non-hydrogen) atoms. The van der Waals surface area contributed by atoms with Crippen LogP contribution in [0.5, 0.6) is 11.6 Å². The quantitative estimate of drug-likeness (QED) is 0.710. The van der Waals surface area contributed by atoms with E-state index in [-0.39, 0.29) is 24.6 Å². The molecule has 0 radical (unpaired) electrons. The van der Waals surface area contributed by atoms with Crippen molar-refractivity contribution in [3.05, 3.63) is 41.7 Å². The number of amides is 1. The third-order valence-electron chi connectivity index (χ3n) is 3.50. The highest BCUT2D eigenvalue weighted by molar-refractivity contribution is 5.91. The molecule has 0 fully saturated rings. The molecule has 1 unspecified atom stereocenters. The topological polar surface area (TPSA) is 111 Å². The van der Waals surface area contributed by atoms with Crippen molar-refractivity contribution in [1.82, 2.24) is 10.5 Å². The second-order valence-electron chi connectivity index (χ2n) is 5.26. The summed E-state index contributed by atoms with van der Waals surface area (Å²) in [5.41, 5.74) is 0.839. The van der Waals surface area contributed by atoms with E-state index in [1.165, 1.54) is 13.2 Å². The first-order chi connectivity index (χ1) is 12.0. The van der Waals surface area contributed by atoms with Crippen LogP contribution in [0.4, 0.5) is 0 Å². The summed E-state index contributed by atoms with van der Waals surface area (Å²) in [6.07, 6.45) is 0.280. The molecule has 134 valence electrons. The Hall–Kier alpha value is -3.03. The average molecular weight is 348 g/mol. The predicted molar refractivity (Wildman–Crippen MR) is 87.8 cm³/mol. The molecule has 1 atom stereocenters. The Morgan fingerprint density at radius 2 is 2.04 bits per heavy atom. The van der Waals surface area contributed by atoms with Crippen LogP contribution < -0.4 is 14.8 Å². The van der Waals surface area contributed by atoms with Gasteiger partial charge in [-0.15, -0.1) is 0 Å². The first kappa shape index (κ1) is 18.3. The van der Waals surface area contributed by atoms with E-state index in [1.807, 2.05) is 19.1 Å². The lowest BCUT2D eigenvalue weighted by Crippen LogP contribution is -2.33. The molecular weight excluding hydrogens is 328 g/mol. The number of hydrogen-bond donors (Lipinski definition) is 2. The summed E-state index contributed by atoms with van der Waals surface area (Å²) in [6.45, 7) is 2.42. The van der Waals surface area contributed by atoms with Crippen molar-refractivity contribution >= 4 is 11.9 Å². The van der Waals surface area contributed by atoms with E-state index in [0.717, 1.165) is 11.3 Å². The van der Waals surface area contributed by atoms with Crippen LogP contribution in [0.15, 0.2) is 34.9 Å². The number of benzene rings is 1. The monoisotopic (exact) mass is 348 g/mol. The molecule has 8 heteroatoms. The summed E-state index contributed by atoms with van der Waals surface area (Å²) in [5.74, 6) is -1.45. The van der Waals surface area contributed by atoms with Gasteiger partial charge in [0, 0.05) is 6.54 Å². The third kappa shape index (κ3) is 5.23. The fraction of sp³-hybridized carbons (Fsp3) is 0.353. The number of rotatable bonds is 9. The van der Waals surface area contributed by atoms with Gasteiger partial charge < -0.3 is 24.4 Å². The summed E-state index contributed by atoms with van der Waals surface area (Å²) in [7, 11) is 1.40. The largest absolute Gasteiger partial charge is 0.494 e. The zero-order valence-corrected chi connectivity index (χ0v) is 14.0. The van der Waals surface area contributed by atoms with E-state index < -0.39 is 17.8 Å². The van der Waals surface area contributed by atoms with Crippen LogP contribution in [-0.4, -0.2) is 42.4 Å². The molecule has 1 aromatic heterocycles. The van der Waals surface area contributed by atoms with Crippen molar-refractivity contribution in [2.75, 3.05) is 20.3 Å². The van der Waals surface area contributed by atoms with E-state index in [4.69, 9.17) is 14.0 Å². The highest BCUT2D eigenvalue weighted by atomic mass is 16.5. The van der Waals surface area contributed by atoms with Gasteiger partial charge in [-0.05, 0) is 36.2 Å². The van der Waals surface area contributed by atoms with Gasteiger partial charge in [-0.1, -0.05) is 12.1 Å². The molecular formula is C17H20N2O6. The predicted octanol–water partition coefficient (Wildman–Crippen LogP) is 1.76. The highest BCUT2D eigenvalue weighted by Gasteiger charge is 2.21. The van der Waals surface area contributed by atoms with Gasteiger partial charge in [0.2, 0.25) is 5.76 Å². The second kappa shape index (κ2) is 8.72. The number of nitrogens with zero attached hydrogens (tertiary/aromatic N) is 1. The minimum Gasteiger partial charge on any atom is -0.494 e. The molecule has 0 bridgehead atoms. The van der Waals surface area contributed by atoms with Crippen LogP contribution >= 0.6 is 0 Å². The Balaban J connectivity index is 1.93. The minimum absolute atomic E-state index is 0.0373. The van der Waals surface area contributed by atoms with Crippen molar-refractivity contribution in [3.63, 3.8) is 0 Å². The lowest BCUT2D eigenvalue weighted by Gasteiger charge is -2.13. The highest BCUT2D eigenvalue weighted by Crippen LogP contribution is 2.16. The molecule has 2 rings (SSSR count). The summed E-state index contributed by atoms with van der Waals surface area (Å²) >= 11 is 0. The smallest absolute Gasteiger partial charge is 0.308 e. The van der Waals surface area contributed by atoms with Gasteiger partial charge in [-0.3, -0.25) is 9.59 Å². The number of aliphatic carboxylic acids is 1. The third-order valence-corrected chi connectivity index (χ3v) is 3.50. The van der Waals surface area contributed by atoms with Crippen LogP contribution in [-0.2, 0) is 11.2 Å². The van der Waals surface area contributed by atoms with Gasteiger partial charge in [0.15, 0.2) is 0 Å². The number of carbonyl (C=O) groups excluding carboxylic acids is 1. The van der Waals surface area contributed by atoms with Crippen molar-refractivity contribution in [2.45, 2.75) is 13.3 Å². The first-order valence-corrected chi connectivity index (χ1v) is 7.77. The zero-order chi connectivity index (χ0) is 18.2. The molecule has 0 saturated carbocycles. The van der Waals surface area contributed by atoms with Crippen molar-refractivity contribution in [3.8, 4) is 11.6 Å². The van der Waals surface area contributed by atoms with E-state index in [9.17, 15) is 14.7 Å². The van der Waals surface area contributed by atoms with Gasteiger partial charge in [-0.2, -0.15) is 0 Å².